The number of pyridine rings is 2. The zero-order valence-corrected chi connectivity index (χ0v) is 21.4. The molecule has 2 atom stereocenters. The van der Waals surface area contributed by atoms with Crippen molar-refractivity contribution in [2.24, 2.45) is 5.73 Å². The topological polar surface area (TPSA) is 102 Å². The highest BCUT2D eigenvalue weighted by Gasteiger charge is 2.36. The van der Waals surface area contributed by atoms with Crippen molar-refractivity contribution in [3.05, 3.63) is 82.6 Å². The van der Waals surface area contributed by atoms with E-state index in [1.54, 1.807) is 12.4 Å². The van der Waals surface area contributed by atoms with Gasteiger partial charge in [-0.1, -0.05) is 6.42 Å². The van der Waals surface area contributed by atoms with Crippen LogP contribution in [0.5, 0.6) is 0 Å². The molecule has 2 N–H and O–H groups in total. The number of carbonyl (C=O) groups is 1. The first-order valence-corrected chi connectivity index (χ1v) is 13.2. The maximum atomic E-state index is 15.3. The molecular formula is C30H29F3N4O2. The lowest BCUT2D eigenvalue weighted by Gasteiger charge is -2.31. The SMILES string of the molecule is N#CC1(c2cc(F)c(-c3nc(C(=O)Cc4cnccc4[C@@H]4CCC[C@H](N)C4)ccc3F)c(F)c2)CCOCC1. The molecule has 2 aromatic heterocycles. The third kappa shape index (κ3) is 5.45. The van der Waals surface area contributed by atoms with Gasteiger partial charge in [-0.3, -0.25) is 9.78 Å². The second-order valence-electron chi connectivity index (χ2n) is 10.4. The molecule has 6 nitrogen and oxygen atoms in total. The molecule has 0 amide bonds. The molecule has 1 aromatic carbocycles. The number of benzene rings is 1. The number of nitrogens with zero attached hydrogens (tertiary/aromatic N) is 3. The third-order valence-corrected chi connectivity index (χ3v) is 7.97. The summed E-state index contributed by atoms with van der Waals surface area (Å²) in [6, 6.07) is 8.49. The van der Waals surface area contributed by atoms with Crippen LogP contribution in [-0.4, -0.2) is 35.0 Å². The Morgan fingerprint density at radius 2 is 1.85 bits per heavy atom. The number of hydrogen-bond acceptors (Lipinski definition) is 6. The van der Waals surface area contributed by atoms with Crippen molar-refractivity contribution in [2.75, 3.05) is 13.2 Å². The monoisotopic (exact) mass is 534 g/mol. The minimum Gasteiger partial charge on any atom is -0.381 e. The van der Waals surface area contributed by atoms with Gasteiger partial charge in [-0.25, -0.2) is 18.2 Å². The second-order valence-corrected chi connectivity index (χ2v) is 10.4. The number of hydrogen-bond donors (Lipinski definition) is 1. The highest BCUT2D eigenvalue weighted by atomic mass is 19.1. The predicted octanol–water partition coefficient (Wildman–Crippen LogP) is 5.54. The van der Waals surface area contributed by atoms with Crippen molar-refractivity contribution in [1.29, 1.82) is 5.26 Å². The van der Waals surface area contributed by atoms with Crippen LogP contribution in [0.3, 0.4) is 0 Å². The van der Waals surface area contributed by atoms with Crippen molar-refractivity contribution in [3.8, 4) is 17.3 Å². The molecule has 202 valence electrons. The fourth-order valence-corrected chi connectivity index (χ4v) is 5.79. The van der Waals surface area contributed by atoms with Gasteiger partial charge < -0.3 is 10.5 Å². The van der Waals surface area contributed by atoms with Crippen molar-refractivity contribution in [2.45, 2.75) is 62.3 Å². The summed E-state index contributed by atoms with van der Waals surface area (Å²) in [4.78, 5) is 21.5. The average molecular weight is 535 g/mol. The Morgan fingerprint density at radius 3 is 2.54 bits per heavy atom. The van der Waals surface area contributed by atoms with Gasteiger partial charge in [0, 0.05) is 38.1 Å². The van der Waals surface area contributed by atoms with Gasteiger partial charge in [-0.05, 0) is 85.0 Å². The van der Waals surface area contributed by atoms with Gasteiger partial charge in [0.1, 0.15) is 28.8 Å². The second kappa shape index (κ2) is 11.2. The van der Waals surface area contributed by atoms with Gasteiger partial charge in [-0.2, -0.15) is 5.26 Å². The highest BCUT2D eigenvalue weighted by molar-refractivity contribution is 5.96. The zero-order valence-electron chi connectivity index (χ0n) is 21.4. The summed E-state index contributed by atoms with van der Waals surface area (Å²) in [6.07, 6.45) is 7.63. The Bertz CT molecular complexity index is 1410. The molecule has 1 aliphatic carbocycles. The van der Waals surface area contributed by atoms with Crippen molar-refractivity contribution < 1.29 is 22.7 Å². The summed E-state index contributed by atoms with van der Waals surface area (Å²) in [6.45, 7) is 0.593. The van der Waals surface area contributed by atoms with E-state index in [4.69, 9.17) is 10.5 Å². The van der Waals surface area contributed by atoms with Crippen molar-refractivity contribution in [1.82, 2.24) is 9.97 Å². The average Bonchev–Trinajstić information content (AvgIpc) is 2.94. The number of Topliss-reactive ketones (excluding diaryl/α,β-unsaturated/α-hetero) is 1. The van der Waals surface area contributed by atoms with E-state index in [2.05, 4.69) is 16.0 Å². The fourth-order valence-electron chi connectivity index (χ4n) is 5.79. The minimum absolute atomic E-state index is 0.0380. The Balaban J connectivity index is 1.45. The number of ketones is 1. The van der Waals surface area contributed by atoms with Crippen LogP contribution in [0, 0.1) is 28.8 Å². The van der Waals surface area contributed by atoms with Gasteiger partial charge in [0.25, 0.3) is 0 Å². The Kier molecular flexibility index (Phi) is 7.78. The number of nitrogens with two attached hydrogens (primary N) is 1. The molecule has 3 heterocycles. The molecule has 9 heteroatoms. The maximum absolute atomic E-state index is 15.3. The number of carbonyl (C=O) groups excluding carboxylic acids is 1. The smallest absolute Gasteiger partial charge is 0.185 e. The van der Waals surface area contributed by atoms with Crippen LogP contribution in [0.4, 0.5) is 13.2 Å². The first kappa shape index (κ1) is 27.0. The van der Waals surface area contributed by atoms with Gasteiger partial charge in [0.05, 0.1) is 17.0 Å². The summed E-state index contributed by atoms with van der Waals surface area (Å²) < 4.78 is 50.8. The molecule has 2 fully saturated rings. The number of ether oxygens (including phenoxy) is 1. The lowest BCUT2D eigenvalue weighted by molar-refractivity contribution is 0.0673. The quantitative estimate of drug-likeness (QED) is 0.417. The first-order valence-electron chi connectivity index (χ1n) is 13.2. The summed E-state index contributed by atoms with van der Waals surface area (Å²) in [5, 5.41) is 9.77. The maximum Gasteiger partial charge on any atom is 0.185 e. The molecule has 0 bridgehead atoms. The predicted molar refractivity (Wildman–Crippen MR) is 138 cm³/mol. The van der Waals surface area contributed by atoms with Crippen LogP contribution in [0.15, 0.2) is 42.7 Å². The van der Waals surface area contributed by atoms with E-state index < -0.39 is 39.9 Å². The highest BCUT2D eigenvalue weighted by Crippen LogP contribution is 2.38. The third-order valence-electron chi connectivity index (χ3n) is 7.97. The van der Waals surface area contributed by atoms with Gasteiger partial charge in [0.2, 0.25) is 0 Å². The molecule has 2 aliphatic rings. The normalized spacial score (nSPS) is 20.8. The zero-order chi connectivity index (χ0) is 27.6. The number of aromatic nitrogens is 2. The minimum atomic E-state index is -1.09. The molecule has 0 unspecified atom stereocenters. The van der Waals surface area contributed by atoms with Crippen LogP contribution in [-0.2, 0) is 16.6 Å². The lowest BCUT2D eigenvalue weighted by Crippen LogP contribution is -2.32. The number of nitriles is 1. The summed E-state index contributed by atoms with van der Waals surface area (Å²) in [7, 11) is 0. The molecule has 39 heavy (non-hydrogen) atoms. The molecule has 3 aromatic rings. The van der Waals surface area contributed by atoms with Crippen molar-refractivity contribution in [3.63, 3.8) is 0 Å². The number of rotatable bonds is 6. The van der Waals surface area contributed by atoms with Crippen LogP contribution in [0.25, 0.3) is 11.3 Å². The summed E-state index contributed by atoms with van der Waals surface area (Å²) in [5.41, 5.74) is 5.61. The molecule has 1 aliphatic heterocycles. The summed E-state index contributed by atoms with van der Waals surface area (Å²) >= 11 is 0. The molecule has 0 radical (unpaired) electrons. The van der Waals surface area contributed by atoms with Crippen LogP contribution in [0.1, 0.15) is 71.6 Å². The molecule has 5 rings (SSSR count). The van der Waals surface area contributed by atoms with E-state index in [1.807, 2.05) is 6.07 Å². The van der Waals surface area contributed by atoms with E-state index in [0.717, 1.165) is 55.0 Å². The van der Waals surface area contributed by atoms with Gasteiger partial charge in [-0.15, -0.1) is 0 Å². The number of halogens is 3. The summed E-state index contributed by atoms with van der Waals surface area (Å²) in [5.74, 6) is -3.27. The van der Waals surface area contributed by atoms with E-state index in [-0.39, 0.29) is 29.6 Å². The van der Waals surface area contributed by atoms with Crippen LogP contribution >= 0.6 is 0 Å². The molecular weight excluding hydrogens is 505 g/mol. The lowest BCUT2D eigenvalue weighted by atomic mass is 9.75. The molecule has 0 spiro atoms. The Morgan fingerprint density at radius 1 is 1.10 bits per heavy atom. The Hall–Kier alpha value is -3.61. The van der Waals surface area contributed by atoms with E-state index >= 15 is 8.78 Å². The van der Waals surface area contributed by atoms with Gasteiger partial charge >= 0.3 is 0 Å². The fraction of sp³-hybridized carbons (Fsp3) is 0.400. The van der Waals surface area contributed by atoms with Gasteiger partial charge in [0.15, 0.2) is 5.78 Å². The largest absolute Gasteiger partial charge is 0.381 e. The first-order chi connectivity index (χ1) is 18.8. The Labute approximate surface area is 225 Å². The molecule has 1 saturated heterocycles. The van der Waals surface area contributed by atoms with E-state index in [1.165, 1.54) is 6.07 Å². The van der Waals surface area contributed by atoms with E-state index in [0.29, 0.717) is 26.1 Å². The van der Waals surface area contributed by atoms with Crippen LogP contribution in [0.2, 0.25) is 0 Å². The van der Waals surface area contributed by atoms with Crippen LogP contribution < -0.4 is 5.73 Å². The van der Waals surface area contributed by atoms with E-state index in [9.17, 15) is 14.4 Å². The van der Waals surface area contributed by atoms with Crippen molar-refractivity contribution >= 4 is 5.78 Å². The molecule has 1 saturated carbocycles. The standard InChI is InChI=1S/C30H29F3N4O2/c31-23-4-5-26(27(38)13-19-16-36-9-6-22(19)18-2-1-3-21(35)12-18)37-29(23)28-24(32)14-20(15-25(28)33)30(17-34)7-10-39-11-8-30/h4-6,9,14-16,18,21H,1-3,7-8,10-13,35H2/t18-,21+/m1/s1.